The van der Waals surface area contributed by atoms with E-state index in [2.05, 4.69) is 43.8 Å². The van der Waals surface area contributed by atoms with E-state index in [1.54, 1.807) is 42.5 Å². The van der Waals surface area contributed by atoms with Crippen molar-refractivity contribution in [2.75, 3.05) is 16.2 Å². The number of hydrogen-bond donors (Lipinski definition) is 1. The molecule has 0 fully saturated rings. The Bertz CT molecular complexity index is 1120. The van der Waals surface area contributed by atoms with Crippen molar-refractivity contribution in [3.8, 4) is 0 Å². The molecular formula is C21H18BrIN2O3S. The lowest BCUT2D eigenvalue weighted by Crippen LogP contribution is -2.38. The third-order valence-electron chi connectivity index (χ3n) is 4.20. The fraction of sp³-hybridized carbons (Fsp3) is 0.0952. The van der Waals surface area contributed by atoms with Crippen LogP contribution in [0.2, 0.25) is 0 Å². The molecule has 5 nitrogen and oxygen atoms in total. The Morgan fingerprint density at radius 3 is 2.31 bits per heavy atom. The Kier molecular flexibility index (Phi) is 6.97. The van der Waals surface area contributed by atoms with Gasteiger partial charge in [-0.05, 0) is 89.7 Å². The lowest BCUT2D eigenvalue weighted by Gasteiger charge is -2.24. The SMILES string of the molecule is Cc1cc(I)ccc1NC(=O)CN(c1ccc(Br)cc1)S(=O)(=O)c1ccccc1. The second-order valence-corrected chi connectivity index (χ2v) is 10.3. The highest BCUT2D eigenvalue weighted by Crippen LogP contribution is 2.26. The van der Waals surface area contributed by atoms with Gasteiger partial charge in [-0.2, -0.15) is 0 Å². The molecule has 0 aromatic heterocycles. The average Bonchev–Trinajstić information content (AvgIpc) is 2.70. The van der Waals surface area contributed by atoms with Crippen molar-refractivity contribution in [2.45, 2.75) is 11.8 Å². The number of hydrogen-bond acceptors (Lipinski definition) is 3. The number of carbonyl (C=O) groups excluding carboxylic acids is 1. The van der Waals surface area contributed by atoms with Crippen LogP contribution in [0.3, 0.4) is 0 Å². The first kappa shape index (κ1) is 21.8. The van der Waals surface area contributed by atoms with Gasteiger partial charge in [0.15, 0.2) is 0 Å². The quantitative estimate of drug-likeness (QED) is 0.405. The molecule has 0 unspecified atom stereocenters. The normalized spacial score (nSPS) is 11.1. The molecule has 0 aliphatic rings. The number of nitrogens with one attached hydrogen (secondary N) is 1. The van der Waals surface area contributed by atoms with Crippen LogP contribution in [0.25, 0.3) is 0 Å². The van der Waals surface area contributed by atoms with E-state index in [1.807, 2.05) is 25.1 Å². The van der Waals surface area contributed by atoms with Crippen LogP contribution >= 0.6 is 38.5 Å². The van der Waals surface area contributed by atoms with Gasteiger partial charge in [-0.3, -0.25) is 9.10 Å². The monoisotopic (exact) mass is 584 g/mol. The molecular weight excluding hydrogens is 567 g/mol. The number of amides is 1. The summed E-state index contributed by atoms with van der Waals surface area (Å²) in [5.41, 5.74) is 1.97. The van der Waals surface area contributed by atoms with Gasteiger partial charge in [0, 0.05) is 13.7 Å². The zero-order valence-electron chi connectivity index (χ0n) is 15.5. The number of carbonyl (C=O) groups is 1. The van der Waals surface area contributed by atoms with Crippen LogP contribution in [0, 0.1) is 10.5 Å². The Labute approximate surface area is 192 Å². The van der Waals surface area contributed by atoms with Crippen molar-refractivity contribution >= 4 is 65.8 Å². The molecule has 29 heavy (non-hydrogen) atoms. The number of sulfonamides is 1. The van der Waals surface area contributed by atoms with E-state index in [9.17, 15) is 13.2 Å². The smallest absolute Gasteiger partial charge is 0.264 e. The predicted molar refractivity (Wildman–Crippen MR) is 128 cm³/mol. The number of rotatable bonds is 6. The summed E-state index contributed by atoms with van der Waals surface area (Å²) in [5, 5.41) is 2.81. The first-order valence-corrected chi connectivity index (χ1v) is 12.0. The second kappa shape index (κ2) is 9.27. The molecule has 1 N–H and O–H groups in total. The highest BCUT2D eigenvalue weighted by atomic mass is 127. The second-order valence-electron chi connectivity index (χ2n) is 6.31. The number of halogens is 2. The van der Waals surface area contributed by atoms with Crippen LogP contribution < -0.4 is 9.62 Å². The van der Waals surface area contributed by atoms with Crippen LogP contribution in [-0.2, 0) is 14.8 Å². The van der Waals surface area contributed by atoms with Gasteiger partial charge in [-0.25, -0.2) is 8.42 Å². The average molecular weight is 585 g/mol. The molecule has 0 saturated carbocycles. The highest BCUT2D eigenvalue weighted by molar-refractivity contribution is 14.1. The Morgan fingerprint density at radius 2 is 1.69 bits per heavy atom. The van der Waals surface area contributed by atoms with E-state index in [1.165, 1.54) is 12.1 Å². The van der Waals surface area contributed by atoms with Crippen molar-refractivity contribution in [2.24, 2.45) is 0 Å². The first-order valence-electron chi connectivity index (χ1n) is 8.67. The van der Waals surface area contributed by atoms with E-state index in [-0.39, 0.29) is 11.4 Å². The molecule has 0 radical (unpaired) electrons. The molecule has 0 bridgehead atoms. The fourth-order valence-corrected chi connectivity index (χ4v) is 5.08. The minimum atomic E-state index is -3.92. The van der Waals surface area contributed by atoms with E-state index >= 15 is 0 Å². The summed E-state index contributed by atoms with van der Waals surface area (Å²) in [7, 11) is -3.92. The Morgan fingerprint density at radius 1 is 1.03 bits per heavy atom. The van der Waals surface area contributed by atoms with Crippen LogP contribution in [0.15, 0.2) is 82.2 Å². The first-order chi connectivity index (χ1) is 13.8. The molecule has 0 heterocycles. The van der Waals surface area contributed by atoms with E-state index in [4.69, 9.17) is 0 Å². The Balaban J connectivity index is 1.93. The summed E-state index contributed by atoms with van der Waals surface area (Å²) in [5.74, 6) is -0.420. The molecule has 0 spiro atoms. The number of nitrogens with zero attached hydrogens (tertiary/aromatic N) is 1. The molecule has 3 aromatic carbocycles. The van der Waals surface area contributed by atoms with Gasteiger partial charge in [-0.1, -0.05) is 34.1 Å². The lowest BCUT2D eigenvalue weighted by atomic mass is 10.2. The molecule has 150 valence electrons. The summed E-state index contributed by atoms with van der Waals surface area (Å²) in [6, 6.07) is 20.5. The van der Waals surface area contributed by atoms with Crippen LogP contribution in [0.1, 0.15) is 5.56 Å². The van der Waals surface area contributed by atoms with Crippen LogP contribution in [0.4, 0.5) is 11.4 Å². The Hall–Kier alpha value is -1.91. The van der Waals surface area contributed by atoms with Gasteiger partial charge in [0.1, 0.15) is 6.54 Å². The predicted octanol–water partition coefficient (Wildman–Crippen LogP) is 5.20. The molecule has 3 aromatic rings. The van der Waals surface area contributed by atoms with Crippen molar-refractivity contribution in [3.63, 3.8) is 0 Å². The van der Waals surface area contributed by atoms with Crippen molar-refractivity contribution in [1.82, 2.24) is 0 Å². The van der Waals surface area contributed by atoms with Crippen molar-refractivity contribution in [3.05, 3.63) is 86.4 Å². The minimum absolute atomic E-state index is 0.126. The third kappa shape index (κ3) is 5.37. The lowest BCUT2D eigenvalue weighted by molar-refractivity contribution is -0.114. The van der Waals surface area contributed by atoms with Gasteiger partial charge >= 0.3 is 0 Å². The standard InChI is InChI=1S/C21H18BrIN2O3S/c1-15-13-17(23)9-12-20(15)24-21(26)14-25(18-10-7-16(22)8-11-18)29(27,28)19-5-3-2-4-6-19/h2-13H,14H2,1H3,(H,24,26). The maximum atomic E-state index is 13.3. The van der Waals surface area contributed by atoms with Crippen LogP contribution in [0.5, 0.6) is 0 Å². The maximum Gasteiger partial charge on any atom is 0.264 e. The molecule has 0 aliphatic carbocycles. The summed E-state index contributed by atoms with van der Waals surface area (Å²) in [6.45, 7) is 1.55. The molecule has 0 saturated heterocycles. The van der Waals surface area contributed by atoms with E-state index in [0.717, 1.165) is 17.9 Å². The maximum absolute atomic E-state index is 13.3. The third-order valence-corrected chi connectivity index (χ3v) is 7.18. The van der Waals surface area contributed by atoms with Crippen molar-refractivity contribution in [1.29, 1.82) is 0 Å². The zero-order chi connectivity index (χ0) is 21.0. The zero-order valence-corrected chi connectivity index (χ0v) is 20.0. The largest absolute Gasteiger partial charge is 0.324 e. The van der Waals surface area contributed by atoms with Gasteiger partial charge < -0.3 is 5.32 Å². The minimum Gasteiger partial charge on any atom is -0.324 e. The number of aryl methyl sites for hydroxylation is 1. The summed E-state index contributed by atoms with van der Waals surface area (Å²) in [6.07, 6.45) is 0. The number of anilines is 2. The van der Waals surface area contributed by atoms with Gasteiger partial charge in [0.05, 0.1) is 10.6 Å². The van der Waals surface area contributed by atoms with E-state index in [0.29, 0.717) is 11.4 Å². The summed E-state index contributed by atoms with van der Waals surface area (Å²) < 4.78 is 29.5. The molecule has 3 rings (SSSR count). The van der Waals surface area contributed by atoms with Gasteiger partial charge in [-0.15, -0.1) is 0 Å². The summed E-state index contributed by atoms with van der Waals surface area (Å²) >= 11 is 5.55. The number of benzene rings is 3. The fourth-order valence-electron chi connectivity index (χ4n) is 2.73. The molecule has 8 heteroatoms. The van der Waals surface area contributed by atoms with Gasteiger partial charge in [0.25, 0.3) is 10.0 Å². The summed E-state index contributed by atoms with van der Waals surface area (Å²) in [4.78, 5) is 12.9. The van der Waals surface area contributed by atoms with Gasteiger partial charge in [0.2, 0.25) is 5.91 Å². The van der Waals surface area contributed by atoms with Crippen molar-refractivity contribution < 1.29 is 13.2 Å². The highest BCUT2D eigenvalue weighted by Gasteiger charge is 2.27. The van der Waals surface area contributed by atoms with Crippen LogP contribution in [-0.4, -0.2) is 20.9 Å². The molecule has 0 aliphatic heterocycles. The molecule has 1 amide bonds. The molecule has 0 atom stereocenters. The van der Waals surface area contributed by atoms with E-state index < -0.39 is 15.9 Å². The topological polar surface area (TPSA) is 66.5 Å².